The van der Waals surface area contributed by atoms with Gasteiger partial charge in [-0.1, -0.05) is 133 Å². The van der Waals surface area contributed by atoms with Gasteiger partial charge < -0.3 is 13.6 Å². The molecule has 0 aliphatic rings. The summed E-state index contributed by atoms with van der Waals surface area (Å²) in [7, 11) is 0. The van der Waals surface area contributed by atoms with Crippen molar-refractivity contribution >= 4 is 65.6 Å². The molecule has 0 atom stereocenters. The molecule has 3 aromatic heterocycles. The number of rotatable bonds is 5. The molecule has 0 saturated carbocycles. The second-order valence-corrected chi connectivity index (χ2v) is 14.9. The maximum Gasteiger partial charge on any atom is 0.136 e. The van der Waals surface area contributed by atoms with E-state index >= 15 is 0 Å². The number of para-hydroxylation sites is 3. The first kappa shape index (κ1) is 31.7. The largest absolute Gasteiger partial charge is 0.456 e. The van der Waals surface area contributed by atoms with Gasteiger partial charge in [0.1, 0.15) is 11.2 Å². The topological polar surface area (TPSA) is 23.0 Å². The number of furan rings is 1. The van der Waals surface area contributed by atoms with Gasteiger partial charge in [0.15, 0.2) is 0 Å². The fourth-order valence-corrected chi connectivity index (χ4v) is 9.09. The van der Waals surface area contributed by atoms with Crippen LogP contribution in [0.15, 0.2) is 211 Å². The van der Waals surface area contributed by atoms with Crippen LogP contribution in [0.3, 0.4) is 0 Å². The van der Waals surface area contributed by atoms with Gasteiger partial charge in [-0.25, -0.2) is 0 Å². The molecule has 0 amide bonds. The lowest BCUT2D eigenvalue weighted by molar-refractivity contribution is 0.669. The molecule has 3 heteroatoms. The van der Waals surface area contributed by atoms with E-state index in [0.717, 1.165) is 33.2 Å². The zero-order valence-electron chi connectivity index (χ0n) is 30.9. The highest BCUT2D eigenvalue weighted by molar-refractivity contribution is 6.13. The molecule has 0 aliphatic heterocycles. The van der Waals surface area contributed by atoms with Crippen molar-refractivity contribution in [1.29, 1.82) is 0 Å². The Morgan fingerprint density at radius 2 is 0.825 bits per heavy atom. The zero-order valence-corrected chi connectivity index (χ0v) is 30.9. The summed E-state index contributed by atoms with van der Waals surface area (Å²) in [6.07, 6.45) is 0. The van der Waals surface area contributed by atoms with Gasteiger partial charge in [0, 0.05) is 43.6 Å². The van der Waals surface area contributed by atoms with Crippen LogP contribution < -0.4 is 0 Å². The number of fused-ring (bicyclic) bond motifs is 9. The molecule has 3 nitrogen and oxygen atoms in total. The van der Waals surface area contributed by atoms with E-state index in [-0.39, 0.29) is 0 Å². The summed E-state index contributed by atoms with van der Waals surface area (Å²) >= 11 is 0. The van der Waals surface area contributed by atoms with E-state index in [4.69, 9.17) is 4.42 Å². The first-order valence-corrected chi connectivity index (χ1v) is 19.5. The van der Waals surface area contributed by atoms with Crippen molar-refractivity contribution in [2.45, 2.75) is 0 Å². The number of hydrogen-bond donors (Lipinski definition) is 0. The van der Waals surface area contributed by atoms with Gasteiger partial charge in [-0.3, -0.25) is 0 Å². The van der Waals surface area contributed by atoms with Crippen LogP contribution in [0.2, 0.25) is 0 Å². The van der Waals surface area contributed by atoms with Crippen LogP contribution in [0.25, 0.3) is 110 Å². The minimum atomic E-state index is 0.891. The lowest BCUT2D eigenvalue weighted by atomic mass is 10.0. The van der Waals surface area contributed by atoms with Crippen LogP contribution in [-0.4, -0.2) is 9.13 Å². The van der Waals surface area contributed by atoms with Crippen LogP contribution in [0.1, 0.15) is 0 Å². The zero-order chi connectivity index (χ0) is 37.5. The molecular weight excluding hydrogens is 693 g/mol. The first-order chi connectivity index (χ1) is 28.3. The van der Waals surface area contributed by atoms with Gasteiger partial charge in [-0.05, 0) is 101 Å². The van der Waals surface area contributed by atoms with Crippen molar-refractivity contribution in [3.63, 3.8) is 0 Å². The molecule has 0 N–H and O–H groups in total. The highest BCUT2D eigenvalue weighted by Gasteiger charge is 2.18. The van der Waals surface area contributed by atoms with E-state index in [2.05, 4.69) is 209 Å². The molecule has 0 bridgehead atoms. The number of hydrogen-bond acceptors (Lipinski definition) is 1. The van der Waals surface area contributed by atoms with Crippen molar-refractivity contribution in [2.75, 3.05) is 0 Å². The molecule has 0 radical (unpaired) electrons. The van der Waals surface area contributed by atoms with Crippen LogP contribution in [-0.2, 0) is 0 Å². The summed E-state index contributed by atoms with van der Waals surface area (Å²) < 4.78 is 11.2. The Kier molecular flexibility index (Phi) is 6.93. The summed E-state index contributed by atoms with van der Waals surface area (Å²) in [4.78, 5) is 0. The number of benzene rings is 9. The van der Waals surface area contributed by atoms with Gasteiger partial charge in [0.05, 0.1) is 27.8 Å². The van der Waals surface area contributed by atoms with Crippen LogP contribution >= 0.6 is 0 Å². The van der Waals surface area contributed by atoms with Gasteiger partial charge in [-0.15, -0.1) is 0 Å². The summed E-state index contributed by atoms with van der Waals surface area (Å²) in [5.41, 5.74) is 16.0. The van der Waals surface area contributed by atoms with Crippen molar-refractivity contribution < 1.29 is 4.42 Å². The average molecular weight is 727 g/mol. The summed E-state index contributed by atoms with van der Waals surface area (Å²) in [5.74, 6) is 0. The normalized spacial score (nSPS) is 11.9. The molecule has 9 aromatic carbocycles. The average Bonchev–Trinajstić information content (AvgIpc) is 3.93. The van der Waals surface area contributed by atoms with Crippen molar-refractivity contribution in [1.82, 2.24) is 9.13 Å². The Morgan fingerprint density at radius 3 is 1.54 bits per heavy atom. The van der Waals surface area contributed by atoms with Gasteiger partial charge in [0.25, 0.3) is 0 Å². The Hall–Kier alpha value is -7.62. The fraction of sp³-hybridized carbons (Fsp3) is 0. The second kappa shape index (κ2) is 12.5. The molecule has 3 heterocycles. The third-order valence-corrected chi connectivity index (χ3v) is 11.7. The Labute approximate surface area is 328 Å². The van der Waals surface area contributed by atoms with E-state index in [1.807, 2.05) is 6.07 Å². The third kappa shape index (κ3) is 4.92. The van der Waals surface area contributed by atoms with Crippen LogP contribution in [0, 0.1) is 0 Å². The second-order valence-electron chi connectivity index (χ2n) is 14.9. The molecule has 0 fully saturated rings. The molecule has 12 aromatic rings. The lowest BCUT2D eigenvalue weighted by Gasteiger charge is -2.14. The number of nitrogens with zero attached hydrogens (tertiary/aromatic N) is 2. The molecule has 0 spiro atoms. The highest BCUT2D eigenvalue weighted by Crippen LogP contribution is 2.41. The summed E-state index contributed by atoms with van der Waals surface area (Å²) in [6.45, 7) is 0. The predicted molar refractivity (Wildman–Crippen MR) is 239 cm³/mol. The molecule has 57 heavy (non-hydrogen) atoms. The molecule has 0 aliphatic carbocycles. The minimum absolute atomic E-state index is 0.891. The predicted octanol–water partition coefficient (Wildman–Crippen LogP) is 14.8. The Morgan fingerprint density at radius 1 is 0.281 bits per heavy atom. The van der Waals surface area contributed by atoms with Crippen molar-refractivity contribution in [2.24, 2.45) is 0 Å². The number of aromatic nitrogens is 2. The van der Waals surface area contributed by atoms with E-state index < -0.39 is 0 Å². The van der Waals surface area contributed by atoms with E-state index in [1.165, 1.54) is 77.1 Å². The molecule has 266 valence electrons. The smallest absolute Gasteiger partial charge is 0.136 e. The Balaban J connectivity index is 0.996. The highest BCUT2D eigenvalue weighted by atomic mass is 16.3. The van der Waals surface area contributed by atoms with Gasteiger partial charge in [0.2, 0.25) is 0 Å². The van der Waals surface area contributed by atoms with Crippen molar-refractivity contribution in [3.8, 4) is 44.8 Å². The molecule has 0 saturated heterocycles. The minimum Gasteiger partial charge on any atom is -0.456 e. The molecule has 0 unspecified atom stereocenters. The Bertz CT molecular complexity index is 3510. The standard InChI is InChI=1S/C54H34N2O/c1-3-13-35(14-4-1)39-23-27-44-47-34-40(26-30-53(47)57-54(44)33-39)55-49-21-11-8-18-42(49)45-31-37(24-28-51(45)55)38-25-29-52-46(32-38)43-19-9-12-22-50(43)56(52)48-20-10-7-17-41(48)36-15-5-2-6-16-36/h1-34H. The van der Waals surface area contributed by atoms with Gasteiger partial charge >= 0.3 is 0 Å². The summed E-state index contributed by atoms with van der Waals surface area (Å²) in [5, 5.41) is 7.18. The maximum atomic E-state index is 6.43. The van der Waals surface area contributed by atoms with Gasteiger partial charge in [-0.2, -0.15) is 0 Å². The quantitative estimate of drug-likeness (QED) is 0.173. The van der Waals surface area contributed by atoms with E-state index in [1.54, 1.807) is 0 Å². The van der Waals surface area contributed by atoms with E-state index in [0.29, 0.717) is 0 Å². The van der Waals surface area contributed by atoms with Crippen molar-refractivity contribution in [3.05, 3.63) is 206 Å². The fourth-order valence-electron chi connectivity index (χ4n) is 9.09. The monoisotopic (exact) mass is 726 g/mol. The lowest BCUT2D eigenvalue weighted by Crippen LogP contribution is -1.97. The molecular formula is C54H34N2O. The van der Waals surface area contributed by atoms with Crippen LogP contribution in [0.4, 0.5) is 0 Å². The molecule has 12 rings (SSSR count). The van der Waals surface area contributed by atoms with E-state index in [9.17, 15) is 0 Å². The maximum absolute atomic E-state index is 6.43. The third-order valence-electron chi connectivity index (χ3n) is 11.7. The SMILES string of the molecule is c1ccc(-c2ccc3c(c2)oc2ccc(-n4c5ccccc5c5cc(-c6ccc7c(c6)c6ccccc6n7-c6ccccc6-c6ccccc6)ccc54)cc23)cc1. The first-order valence-electron chi connectivity index (χ1n) is 19.5. The summed E-state index contributed by atoms with van der Waals surface area (Å²) in [6, 6.07) is 74.4. The van der Waals surface area contributed by atoms with Crippen LogP contribution in [0.5, 0.6) is 0 Å².